The van der Waals surface area contributed by atoms with Crippen LogP contribution in [0.3, 0.4) is 0 Å². The summed E-state index contributed by atoms with van der Waals surface area (Å²) in [6.07, 6.45) is 1.62. The molecule has 4 aromatic rings. The van der Waals surface area contributed by atoms with Crippen LogP contribution in [0.5, 0.6) is 5.75 Å². The van der Waals surface area contributed by atoms with Gasteiger partial charge in [0.05, 0.1) is 11.9 Å². The van der Waals surface area contributed by atoms with Crippen LogP contribution < -0.4 is 20.7 Å². The Bertz CT molecular complexity index is 1620. The normalized spacial score (nSPS) is 11.8. The van der Waals surface area contributed by atoms with Crippen LogP contribution in [-0.4, -0.2) is 29.6 Å². The average Bonchev–Trinajstić information content (AvgIpc) is 2.99. The van der Waals surface area contributed by atoms with Crippen molar-refractivity contribution in [1.29, 1.82) is 0 Å². The van der Waals surface area contributed by atoms with Gasteiger partial charge in [-0.3, -0.25) is 14.4 Å². The van der Waals surface area contributed by atoms with E-state index in [9.17, 15) is 14.4 Å². The molecule has 8 heteroatoms. The molecule has 0 saturated heterocycles. The minimum absolute atomic E-state index is 0.0808. The Morgan fingerprint density at radius 3 is 2.30 bits per heavy atom. The average molecular weight is 594 g/mol. The summed E-state index contributed by atoms with van der Waals surface area (Å²) in [5, 5.41) is 8.26. The number of benzene rings is 4. The van der Waals surface area contributed by atoms with E-state index < -0.39 is 11.8 Å². The second-order valence-electron chi connectivity index (χ2n) is 9.93. The second-order valence-corrected chi connectivity index (χ2v) is 11.3. The van der Waals surface area contributed by atoms with Gasteiger partial charge in [-0.1, -0.05) is 54.1 Å². The summed E-state index contributed by atoms with van der Waals surface area (Å²) in [5.74, 6) is -0.289. The van der Waals surface area contributed by atoms with E-state index in [1.54, 1.807) is 42.5 Å². The van der Waals surface area contributed by atoms with Crippen molar-refractivity contribution in [3.63, 3.8) is 0 Å². The lowest BCUT2D eigenvalue weighted by Crippen LogP contribution is -2.30. The zero-order chi connectivity index (χ0) is 30.8. The minimum atomic E-state index is -0.485. The van der Waals surface area contributed by atoms with Gasteiger partial charge in [-0.25, -0.2) is 0 Å². The van der Waals surface area contributed by atoms with E-state index in [2.05, 4.69) is 16.0 Å². The van der Waals surface area contributed by atoms with Gasteiger partial charge in [0.1, 0.15) is 11.4 Å². The predicted molar refractivity (Wildman–Crippen MR) is 174 cm³/mol. The van der Waals surface area contributed by atoms with Gasteiger partial charge in [0.25, 0.3) is 11.8 Å². The molecule has 0 aromatic heterocycles. The molecule has 43 heavy (non-hydrogen) atoms. The Balaban J connectivity index is 1.48. The van der Waals surface area contributed by atoms with Crippen molar-refractivity contribution in [2.24, 2.45) is 0 Å². The number of carbonyl (C=O) groups excluding carboxylic acids is 3. The fourth-order valence-corrected chi connectivity index (χ4v) is 5.15. The molecule has 0 spiro atoms. The number of thioether (sulfide) groups is 1. The van der Waals surface area contributed by atoms with Gasteiger partial charge in [-0.05, 0) is 93.4 Å². The first-order valence-electron chi connectivity index (χ1n) is 14.0. The molecule has 0 saturated carbocycles. The van der Waals surface area contributed by atoms with Crippen LogP contribution in [0, 0.1) is 13.8 Å². The monoisotopic (exact) mass is 593 g/mol. The molecule has 1 unspecified atom stereocenters. The standard InChI is InChI=1S/C35H35N3O4S/c1-5-42-29-17-15-26(16-18-29)21-32(38-34(40)27-10-7-6-8-11-27)35(41)36-28-12-9-13-30(22-28)43-25(4)33(39)37-31-19-14-23(2)20-24(31)3/h6-22,25H,5H2,1-4H3,(H,36,41)(H,37,39)(H,38,40)/b32-21+. The Labute approximate surface area is 256 Å². The molecule has 0 fully saturated rings. The Hall–Kier alpha value is -4.82. The van der Waals surface area contributed by atoms with Crippen molar-refractivity contribution >= 4 is 46.9 Å². The maximum Gasteiger partial charge on any atom is 0.272 e. The SMILES string of the molecule is CCOc1ccc(/C=C(/NC(=O)c2ccccc2)C(=O)Nc2cccc(SC(C)C(=O)Nc3ccc(C)cc3C)c2)cc1. The van der Waals surface area contributed by atoms with Gasteiger partial charge >= 0.3 is 0 Å². The van der Waals surface area contributed by atoms with Crippen molar-refractivity contribution in [2.75, 3.05) is 17.2 Å². The van der Waals surface area contributed by atoms with E-state index in [1.165, 1.54) is 11.8 Å². The fraction of sp³-hybridized carbons (Fsp3) is 0.171. The number of nitrogens with one attached hydrogen (secondary N) is 3. The third-order valence-corrected chi connectivity index (χ3v) is 7.54. The first kappa shape index (κ1) is 31.1. The molecule has 7 nitrogen and oxygen atoms in total. The van der Waals surface area contributed by atoms with Crippen molar-refractivity contribution in [3.8, 4) is 5.75 Å². The molecule has 0 aliphatic heterocycles. The lowest BCUT2D eigenvalue weighted by molar-refractivity contribution is -0.115. The zero-order valence-electron chi connectivity index (χ0n) is 24.6. The van der Waals surface area contributed by atoms with Crippen LogP contribution in [0.2, 0.25) is 0 Å². The van der Waals surface area contributed by atoms with Gasteiger partial charge in [0, 0.05) is 21.8 Å². The van der Waals surface area contributed by atoms with Crippen molar-refractivity contribution < 1.29 is 19.1 Å². The van der Waals surface area contributed by atoms with Crippen LogP contribution in [0.1, 0.15) is 40.9 Å². The molecule has 3 N–H and O–H groups in total. The molecule has 4 aromatic carbocycles. The number of ether oxygens (including phenoxy) is 1. The maximum atomic E-state index is 13.5. The fourth-order valence-electron chi connectivity index (χ4n) is 4.23. The van der Waals surface area contributed by atoms with E-state index in [0.717, 1.165) is 27.3 Å². The number of aryl methyl sites for hydroxylation is 2. The first-order valence-corrected chi connectivity index (χ1v) is 14.9. The van der Waals surface area contributed by atoms with Crippen LogP contribution in [0.25, 0.3) is 6.08 Å². The lowest BCUT2D eigenvalue weighted by atomic mass is 10.1. The molecule has 0 aliphatic rings. The summed E-state index contributed by atoms with van der Waals surface area (Å²) in [6.45, 7) is 8.27. The smallest absolute Gasteiger partial charge is 0.272 e. The van der Waals surface area contributed by atoms with E-state index in [-0.39, 0.29) is 16.9 Å². The number of hydrogen-bond acceptors (Lipinski definition) is 5. The first-order chi connectivity index (χ1) is 20.7. The summed E-state index contributed by atoms with van der Waals surface area (Å²) in [7, 11) is 0. The van der Waals surface area contributed by atoms with E-state index in [1.807, 2.05) is 88.4 Å². The number of amides is 3. The minimum Gasteiger partial charge on any atom is -0.494 e. The highest BCUT2D eigenvalue weighted by Gasteiger charge is 2.18. The molecule has 0 heterocycles. The van der Waals surface area contributed by atoms with Crippen LogP contribution in [-0.2, 0) is 9.59 Å². The molecular formula is C35H35N3O4S. The van der Waals surface area contributed by atoms with Crippen LogP contribution >= 0.6 is 11.8 Å². The van der Waals surface area contributed by atoms with Crippen LogP contribution in [0.4, 0.5) is 11.4 Å². The quantitative estimate of drug-likeness (QED) is 0.126. The predicted octanol–water partition coefficient (Wildman–Crippen LogP) is 7.23. The highest BCUT2D eigenvalue weighted by atomic mass is 32.2. The number of rotatable bonds is 11. The largest absolute Gasteiger partial charge is 0.494 e. The highest BCUT2D eigenvalue weighted by molar-refractivity contribution is 8.00. The van der Waals surface area contributed by atoms with Crippen LogP contribution in [0.15, 0.2) is 108 Å². The summed E-state index contributed by atoms with van der Waals surface area (Å²) in [4.78, 5) is 40.1. The summed E-state index contributed by atoms with van der Waals surface area (Å²) >= 11 is 1.39. The van der Waals surface area contributed by atoms with Gasteiger partial charge in [-0.2, -0.15) is 0 Å². The van der Waals surface area contributed by atoms with Gasteiger partial charge in [0.15, 0.2) is 0 Å². The van der Waals surface area contributed by atoms with E-state index in [0.29, 0.717) is 23.6 Å². The third kappa shape index (κ3) is 9.08. The van der Waals surface area contributed by atoms with E-state index in [4.69, 9.17) is 4.74 Å². The van der Waals surface area contributed by atoms with Gasteiger partial charge < -0.3 is 20.7 Å². The summed E-state index contributed by atoms with van der Waals surface area (Å²) in [6, 6.07) is 29.1. The summed E-state index contributed by atoms with van der Waals surface area (Å²) < 4.78 is 5.51. The Morgan fingerprint density at radius 1 is 0.860 bits per heavy atom. The topological polar surface area (TPSA) is 96.5 Å². The lowest BCUT2D eigenvalue weighted by Gasteiger charge is -2.15. The van der Waals surface area contributed by atoms with Gasteiger partial charge in [-0.15, -0.1) is 11.8 Å². The highest BCUT2D eigenvalue weighted by Crippen LogP contribution is 2.27. The molecular weight excluding hydrogens is 558 g/mol. The van der Waals surface area contributed by atoms with Gasteiger partial charge in [0.2, 0.25) is 5.91 Å². The molecule has 1 atom stereocenters. The molecule has 220 valence electrons. The zero-order valence-corrected chi connectivity index (χ0v) is 25.5. The van der Waals surface area contributed by atoms with Crippen molar-refractivity contribution in [3.05, 3.63) is 125 Å². The molecule has 0 radical (unpaired) electrons. The molecule has 4 rings (SSSR count). The van der Waals surface area contributed by atoms with Crippen molar-refractivity contribution in [1.82, 2.24) is 5.32 Å². The van der Waals surface area contributed by atoms with E-state index >= 15 is 0 Å². The number of hydrogen-bond donors (Lipinski definition) is 3. The third-order valence-electron chi connectivity index (χ3n) is 6.44. The Kier molecular flexibility index (Phi) is 10.8. The Morgan fingerprint density at radius 2 is 1.60 bits per heavy atom. The number of anilines is 2. The maximum absolute atomic E-state index is 13.5. The molecule has 0 aliphatic carbocycles. The molecule has 3 amide bonds. The second kappa shape index (κ2) is 14.9. The van der Waals surface area contributed by atoms with Crippen molar-refractivity contribution in [2.45, 2.75) is 37.8 Å². The number of carbonyl (C=O) groups is 3. The molecule has 0 bridgehead atoms. The summed E-state index contributed by atoms with van der Waals surface area (Å²) in [5.41, 5.74) is 4.68.